The highest BCUT2D eigenvalue weighted by molar-refractivity contribution is 7.98. The van der Waals surface area contributed by atoms with Gasteiger partial charge in [0.25, 0.3) is 0 Å². The zero-order valence-corrected chi connectivity index (χ0v) is 11.7. The van der Waals surface area contributed by atoms with E-state index >= 15 is 0 Å². The van der Waals surface area contributed by atoms with Crippen molar-refractivity contribution in [2.45, 2.75) is 31.0 Å². The number of nitrogen functional groups attached to an aromatic ring is 1. The van der Waals surface area contributed by atoms with Crippen LogP contribution in [0.4, 0.5) is 11.6 Å². The first-order chi connectivity index (χ1) is 8.69. The van der Waals surface area contributed by atoms with E-state index in [0.717, 1.165) is 31.9 Å². The van der Waals surface area contributed by atoms with Crippen LogP contribution in [0.3, 0.4) is 0 Å². The highest BCUT2D eigenvalue weighted by Crippen LogP contribution is 2.22. The van der Waals surface area contributed by atoms with E-state index in [-0.39, 0.29) is 0 Å². The fraction of sp³-hybridized carbons (Fsp3) is 0.667. The number of thioether (sulfide) groups is 1. The summed E-state index contributed by atoms with van der Waals surface area (Å²) in [6.45, 7) is 3.91. The minimum Gasteiger partial charge on any atom is -0.383 e. The smallest absolute Gasteiger partial charge is 0.191 e. The van der Waals surface area contributed by atoms with E-state index < -0.39 is 0 Å². The molecule has 2 rings (SSSR count). The molecule has 5 nitrogen and oxygen atoms in total. The Morgan fingerprint density at radius 3 is 2.83 bits per heavy atom. The van der Waals surface area contributed by atoms with Gasteiger partial charge in [0.15, 0.2) is 5.16 Å². The second-order valence-corrected chi connectivity index (χ2v) is 5.32. The van der Waals surface area contributed by atoms with Gasteiger partial charge in [0.1, 0.15) is 11.6 Å². The highest BCUT2D eigenvalue weighted by atomic mass is 32.2. The number of anilines is 2. The third kappa shape index (κ3) is 3.49. The van der Waals surface area contributed by atoms with Gasteiger partial charge in [0.05, 0.1) is 0 Å². The third-order valence-electron chi connectivity index (χ3n) is 3.26. The minimum absolute atomic E-state index is 0.373. The molecule has 6 heteroatoms. The molecule has 3 N–H and O–H groups in total. The van der Waals surface area contributed by atoms with Crippen molar-refractivity contribution in [2.24, 2.45) is 5.92 Å². The summed E-state index contributed by atoms with van der Waals surface area (Å²) in [4.78, 5) is 8.56. The van der Waals surface area contributed by atoms with Gasteiger partial charge < -0.3 is 15.8 Å². The van der Waals surface area contributed by atoms with Crippen LogP contribution in [0.25, 0.3) is 0 Å². The van der Waals surface area contributed by atoms with Gasteiger partial charge in [-0.05, 0) is 31.9 Å². The Morgan fingerprint density at radius 2 is 2.17 bits per heavy atom. The van der Waals surface area contributed by atoms with E-state index in [4.69, 9.17) is 10.5 Å². The van der Waals surface area contributed by atoms with Gasteiger partial charge in [0.2, 0.25) is 0 Å². The van der Waals surface area contributed by atoms with Crippen LogP contribution in [0.5, 0.6) is 0 Å². The predicted molar refractivity (Wildman–Crippen MR) is 74.9 cm³/mol. The number of hydrogen-bond acceptors (Lipinski definition) is 6. The van der Waals surface area contributed by atoms with E-state index in [9.17, 15) is 0 Å². The molecule has 18 heavy (non-hydrogen) atoms. The van der Waals surface area contributed by atoms with E-state index in [0.29, 0.717) is 22.9 Å². The van der Waals surface area contributed by atoms with E-state index in [1.807, 2.05) is 6.26 Å². The van der Waals surface area contributed by atoms with Gasteiger partial charge in [0, 0.05) is 25.3 Å². The minimum atomic E-state index is 0.373. The first-order valence-electron chi connectivity index (χ1n) is 6.22. The van der Waals surface area contributed by atoms with Crippen LogP contribution < -0.4 is 11.1 Å². The van der Waals surface area contributed by atoms with Crippen LogP contribution in [0, 0.1) is 5.92 Å². The second kappa shape index (κ2) is 6.24. The Balaban J connectivity index is 2.01. The van der Waals surface area contributed by atoms with Gasteiger partial charge in [-0.25, -0.2) is 9.97 Å². The Morgan fingerprint density at radius 1 is 1.44 bits per heavy atom. The molecule has 0 spiro atoms. The molecule has 1 aromatic heterocycles. The monoisotopic (exact) mass is 268 g/mol. The average Bonchev–Trinajstić information content (AvgIpc) is 2.39. The molecule has 0 aliphatic carbocycles. The van der Waals surface area contributed by atoms with Crippen molar-refractivity contribution in [2.75, 3.05) is 30.5 Å². The molecular weight excluding hydrogens is 248 g/mol. The Hall–Kier alpha value is -1.01. The second-order valence-electron chi connectivity index (χ2n) is 4.55. The SMILES string of the molecule is CSc1nc(N)cc(NC(C)C2CCOCC2)n1. The van der Waals surface area contributed by atoms with Crippen molar-refractivity contribution in [1.29, 1.82) is 0 Å². The summed E-state index contributed by atoms with van der Waals surface area (Å²) >= 11 is 1.50. The first kappa shape index (κ1) is 13.4. The summed E-state index contributed by atoms with van der Waals surface area (Å²) in [7, 11) is 0. The molecule has 1 saturated heterocycles. The van der Waals surface area contributed by atoms with Crippen LogP contribution in [0.2, 0.25) is 0 Å². The first-order valence-corrected chi connectivity index (χ1v) is 7.44. The fourth-order valence-electron chi connectivity index (χ4n) is 2.18. The summed E-state index contributed by atoms with van der Waals surface area (Å²) in [6, 6.07) is 2.16. The maximum Gasteiger partial charge on any atom is 0.191 e. The zero-order chi connectivity index (χ0) is 13.0. The van der Waals surface area contributed by atoms with Gasteiger partial charge in [-0.1, -0.05) is 11.8 Å². The molecule has 1 aromatic rings. The summed E-state index contributed by atoms with van der Waals surface area (Å²) in [6.07, 6.45) is 4.15. The standard InChI is InChI=1S/C12H20N4OS/c1-8(9-3-5-17-6-4-9)14-11-7-10(13)15-12(16-11)18-2/h7-9H,3-6H2,1-2H3,(H3,13,14,15,16). The lowest BCUT2D eigenvalue weighted by atomic mass is 9.93. The van der Waals surface area contributed by atoms with Crippen molar-refractivity contribution in [3.05, 3.63) is 6.07 Å². The average molecular weight is 268 g/mol. The van der Waals surface area contributed by atoms with Crippen molar-refractivity contribution in [1.82, 2.24) is 9.97 Å². The van der Waals surface area contributed by atoms with Crippen molar-refractivity contribution < 1.29 is 4.74 Å². The molecule has 1 aliphatic heterocycles. The Bertz CT molecular complexity index is 396. The zero-order valence-electron chi connectivity index (χ0n) is 10.8. The third-order valence-corrected chi connectivity index (χ3v) is 3.80. The van der Waals surface area contributed by atoms with Crippen molar-refractivity contribution >= 4 is 23.4 Å². The van der Waals surface area contributed by atoms with Crippen LogP contribution in [0.15, 0.2) is 11.2 Å². The Kier molecular flexibility index (Phi) is 4.66. The molecule has 0 radical (unpaired) electrons. The molecule has 100 valence electrons. The fourth-order valence-corrected chi connectivity index (χ4v) is 2.56. The van der Waals surface area contributed by atoms with Crippen LogP contribution >= 0.6 is 11.8 Å². The van der Waals surface area contributed by atoms with Crippen molar-refractivity contribution in [3.63, 3.8) is 0 Å². The number of rotatable bonds is 4. The molecule has 1 unspecified atom stereocenters. The highest BCUT2D eigenvalue weighted by Gasteiger charge is 2.20. The summed E-state index contributed by atoms with van der Waals surface area (Å²) in [5, 5.41) is 4.13. The molecular formula is C12H20N4OS. The quantitative estimate of drug-likeness (QED) is 0.643. The molecule has 2 heterocycles. The number of aromatic nitrogens is 2. The van der Waals surface area contributed by atoms with Crippen LogP contribution in [-0.2, 0) is 4.74 Å². The van der Waals surface area contributed by atoms with E-state index in [2.05, 4.69) is 22.2 Å². The molecule has 0 amide bonds. The summed E-state index contributed by atoms with van der Waals surface area (Å²) in [5.74, 6) is 1.95. The van der Waals surface area contributed by atoms with Crippen LogP contribution in [0.1, 0.15) is 19.8 Å². The molecule has 0 bridgehead atoms. The number of nitrogens with two attached hydrogens (primary N) is 1. The van der Waals surface area contributed by atoms with Gasteiger partial charge in [-0.15, -0.1) is 0 Å². The number of ether oxygens (including phenoxy) is 1. The summed E-state index contributed by atoms with van der Waals surface area (Å²) in [5.41, 5.74) is 5.76. The topological polar surface area (TPSA) is 73.1 Å². The predicted octanol–water partition coefficient (Wildman–Crippen LogP) is 2.01. The number of nitrogens with zero attached hydrogens (tertiary/aromatic N) is 2. The Labute approximate surface area is 112 Å². The molecule has 1 atom stereocenters. The lowest BCUT2D eigenvalue weighted by Crippen LogP contribution is -2.31. The largest absolute Gasteiger partial charge is 0.383 e. The normalized spacial score (nSPS) is 18.6. The van der Waals surface area contributed by atoms with E-state index in [1.165, 1.54) is 11.8 Å². The number of nitrogens with one attached hydrogen (secondary N) is 1. The lowest BCUT2D eigenvalue weighted by molar-refractivity contribution is 0.0622. The molecule has 1 aliphatic rings. The van der Waals surface area contributed by atoms with E-state index in [1.54, 1.807) is 6.07 Å². The van der Waals surface area contributed by atoms with Gasteiger partial charge in [-0.2, -0.15) is 0 Å². The number of hydrogen-bond donors (Lipinski definition) is 2. The maximum absolute atomic E-state index is 5.76. The summed E-state index contributed by atoms with van der Waals surface area (Å²) < 4.78 is 5.38. The van der Waals surface area contributed by atoms with Gasteiger partial charge in [-0.3, -0.25) is 0 Å². The van der Waals surface area contributed by atoms with Gasteiger partial charge >= 0.3 is 0 Å². The molecule has 0 aromatic carbocycles. The van der Waals surface area contributed by atoms with Crippen LogP contribution in [-0.4, -0.2) is 35.5 Å². The lowest BCUT2D eigenvalue weighted by Gasteiger charge is -2.28. The molecule has 1 fully saturated rings. The van der Waals surface area contributed by atoms with Crippen molar-refractivity contribution in [3.8, 4) is 0 Å². The molecule has 0 saturated carbocycles. The maximum atomic E-state index is 5.76.